The maximum absolute atomic E-state index is 13.1. The lowest BCUT2D eigenvalue weighted by molar-refractivity contribution is -0.134. The van der Waals surface area contributed by atoms with E-state index in [1.54, 1.807) is 0 Å². The summed E-state index contributed by atoms with van der Waals surface area (Å²) < 4.78 is 54.2. The largest absolute Gasteiger partial charge is 0.379 e. The molecule has 1 unspecified atom stereocenters. The molecule has 862 valence electrons. The molecule has 0 spiro atoms. The molecule has 3 N–H and O–H groups in total. The zero-order valence-electron chi connectivity index (χ0n) is 104. The fourth-order valence-electron chi connectivity index (χ4n) is 14.3. The molecular formula is C119H226N8O20. The normalized spacial score (nSPS) is 14.6. The highest BCUT2D eigenvalue weighted by molar-refractivity contribution is 5.90. The Morgan fingerprint density at radius 2 is 0.707 bits per heavy atom. The molecule has 28 nitrogen and oxygen atoms in total. The van der Waals surface area contributed by atoms with Gasteiger partial charge in [-0.25, -0.2) is 4.68 Å². The molecule has 0 saturated carbocycles. The molecule has 0 aromatic carbocycles. The van der Waals surface area contributed by atoms with Crippen LogP contribution in [-0.4, -0.2) is 274 Å². The number of ketones is 11. The summed E-state index contributed by atoms with van der Waals surface area (Å²) in [6, 6.07) is 0.0180. The summed E-state index contributed by atoms with van der Waals surface area (Å²) >= 11 is 0. The second-order valence-electron chi connectivity index (χ2n) is 57.4. The summed E-state index contributed by atoms with van der Waals surface area (Å²) in [6.07, 6.45) is 10.7. The van der Waals surface area contributed by atoms with E-state index in [-0.39, 0.29) is 170 Å². The van der Waals surface area contributed by atoms with Crippen LogP contribution in [0.2, 0.25) is 0 Å². The molecule has 1 aliphatic carbocycles. The second-order valence-corrected chi connectivity index (χ2v) is 57.4. The van der Waals surface area contributed by atoms with Crippen LogP contribution in [0.4, 0.5) is 0 Å². The molecule has 1 aromatic heterocycles. The van der Waals surface area contributed by atoms with Gasteiger partial charge in [0.15, 0.2) is 28.9 Å². The highest BCUT2D eigenvalue weighted by Crippen LogP contribution is 2.36. The molecule has 2 rings (SSSR count). The van der Waals surface area contributed by atoms with Crippen molar-refractivity contribution < 1.29 is 95.4 Å². The van der Waals surface area contributed by atoms with E-state index in [1.807, 2.05) is 264 Å². The number of Topliss-reactive ketones (excluding diaryl/α,β-unsaturated/α-hetero) is 11. The Morgan fingerprint density at radius 1 is 0.361 bits per heavy atom. The van der Waals surface area contributed by atoms with Gasteiger partial charge in [0.2, 0.25) is 0 Å². The van der Waals surface area contributed by atoms with Crippen LogP contribution < -0.4 is 16.0 Å². The van der Waals surface area contributed by atoms with Crippen molar-refractivity contribution in [3.05, 3.63) is 11.4 Å². The van der Waals surface area contributed by atoms with Crippen LogP contribution in [0.15, 0.2) is 0 Å². The Kier molecular flexibility index (Phi) is 64.7. The van der Waals surface area contributed by atoms with Crippen molar-refractivity contribution in [2.75, 3.05) is 152 Å². The van der Waals surface area contributed by atoms with E-state index in [4.69, 9.17) is 42.6 Å². The van der Waals surface area contributed by atoms with Crippen molar-refractivity contribution in [2.45, 2.75) is 469 Å². The van der Waals surface area contributed by atoms with Crippen molar-refractivity contribution in [2.24, 2.45) is 70.9 Å². The van der Waals surface area contributed by atoms with Gasteiger partial charge in [-0.15, -0.1) is 5.10 Å². The third kappa shape index (κ3) is 72.3. The van der Waals surface area contributed by atoms with Crippen molar-refractivity contribution in [1.29, 1.82) is 0 Å². The van der Waals surface area contributed by atoms with Crippen LogP contribution in [0.5, 0.6) is 0 Å². The van der Waals surface area contributed by atoms with Gasteiger partial charge >= 0.3 is 0 Å². The van der Waals surface area contributed by atoms with Gasteiger partial charge in [-0.3, -0.25) is 62.5 Å². The zero-order valence-corrected chi connectivity index (χ0v) is 104. The molecule has 147 heavy (non-hydrogen) atoms. The number of hydrogen-bond donors (Lipinski definition) is 3. The van der Waals surface area contributed by atoms with E-state index in [0.717, 1.165) is 82.3 Å². The minimum Gasteiger partial charge on any atom is -0.379 e. The summed E-state index contributed by atoms with van der Waals surface area (Å²) in [5.41, 5.74) is -3.10. The topological polar surface area (TPSA) is 344 Å². The van der Waals surface area contributed by atoms with E-state index >= 15 is 0 Å². The highest BCUT2D eigenvalue weighted by atomic mass is 16.5. The van der Waals surface area contributed by atoms with E-state index in [2.05, 4.69) is 109 Å². The molecule has 0 saturated heterocycles. The Bertz CT molecular complexity index is 3820. The van der Waals surface area contributed by atoms with E-state index in [9.17, 15) is 52.7 Å². The lowest BCUT2D eigenvalue weighted by atomic mass is 9.74. The van der Waals surface area contributed by atoms with Crippen molar-refractivity contribution >= 4 is 63.6 Å². The fraction of sp³-hybridized carbons (Fsp3) is 0.891. The molecule has 28 heteroatoms. The van der Waals surface area contributed by atoms with Gasteiger partial charge in [0.05, 0.1) is 149 Å². The number of unbranched alkanes of at least 4 members (excludes halogenated alkanes) is 1. The summed E-state index contributed by atoms with van der Waals surface area (Å²) in [7, 11) is 0. The van der Waals surface area contributed by atoms with E-state index < -0.39 is 38.0 Å². The molecule has 1 heterocycles. The van der Waals surface area contributed by atoms with Gasteiger partial charge in [0, 0.05) is 139 Å². The van der Waals surface area contributed by atoms with Gasteiger partial charge in [-0.1, -0.05) is 274 Å². The number of fused-ring (bicyclic) bond motifs is 1. The number of carbonyl (C=O) groups is 11. The van der Waals surface area contributed by atoms with Gasteiger partial charge < -0.3 is 58.6 Å². The zero-order chi connectivity index (χ0) is 115. The number of aromatic nitrogens is 3. The highest BCUT2D eigenvalue weighted by Gasteiger charge is 2.40. The SMILES string of the molecule is CC(C)(C)C(=O)CN(CC(=O)C(C)(C)C)C(C)(C)C.CC(C)(C)C[C@H](CCCCn1nnc2c1CCCCCC2OCC(=O)C(C)(C)C)C(=O)C(C)(C)C.CC(C)(C)NC(COCCC(=O)C(C)(C)C)(COCCC(=O)C(C)(C)C)COCCC(=O)C(C)(C)C.CC(C)(C)NC(COCCC(=O)C(C)(C)C)COCCC(=O)C(C)(C)C.CC(C)(C)NCCOCCOCCOCCN(CC(=O)C(C)(C)C)CC(=O)C(C)(C)C. The maximum atomic E-state index is 13.1. The van der Waals surface area contributed by atoms with Gasteiger partial charge in [-0.2, -0.15) is 0 Å². The number of rotatable bonds is 57. The third-order valence-corrected chi connectivity index (χ3v) is 24.4. The van der Waals surface area contributed by atoms with Crippen molar-refractivity contribution in [3.63, 3.8) is 0 Å². The Morgan fingerprint density at radius 3 is 1.03 bits per heavy atom. The number of hydrogen-bond acceptors (Lipinski definition) is 27. The molecule has 0 aliphatic heterocycles. The number of carbonyl (C=O) groups excluding carboxylic acids is 11. The van der Waals surface area contributed by atoms with Crippen LogP contribution in [0, 0.1) is 70.9 Å². The van der Waals surface area contributed by atoms with E-state index in [1.165, 1.54) is 0 Å². The smallest absolute Gasteiger partial charge is 0.163 e. The molecule has 0 amide bonds. The van der Waals surface area contributed by atoms with Crippen molar-refractivity contribution in [3.8, 4) is 0 Å². The second kappa shape index (κ2) is 65.1. The number of nitrogens with one attached hydrogen (secondary N) is 3. The number of ether oxygens (including phenoxy) is 9. The monoisotopic (exact) mass is 2090 g/mol. The minimum absolute atomic E-state index is 0.0180. The first-order valence-electron chi connectivity index (χ1n) is 54.9. The van der Waals surface area contributed by atoms with E-state index in [0.29, 0.717) is 143 Å². The van der Waals surface area contributed by atoms with Crippen LogP contribution in [0.1, 0.15) is 433 Å². The lowest BCUT2D eigenvalue weighted by Gasteiger charge is -2.40. The van der Waals surface area contributed by atoms with Crippen LogP contribution in [-0.2, 0) is 108 Å². The molecule has 1 aliphatic rings. The summed E-state index contributed by atoms with van der Waals surface area (Å²) in [5.74, 6) is 2.02. The first-order valence-corrected chi connectivity index (χ1v) is 54.9. The lowest BCUT2D eigenvalue weighted by Crippen LogP contribution is -2.62. The Hall–Kier alpha value is -5.05. The van der Waals surface area contributed by atoms with Gasteiger partial charge in [-0.05, 0) is 127 Å². The maximum Gasteiger partial charge on any atom is 0.163 e. The van der Waals surface area contributed by atoms with Crippen LogP contribution >= 0.6 is 0 Å². The standard InChI is InChI=1S/C29H51N3O3.C29H55NO6.C24H48N2O5.C21H41NO4.C16H31NO2/c1-27(2,3)19-21(26(34)29(7,8)9)15-13-14-18-32-22-16-11-10-12-17-23(25(22)30-31-32)35-20-24(33)28(4,5)6;1-25(2,3)22(31)13-16-34-19-29(30-28(10,11)12,20-35-17-14-23(32)26(4,5)6)21-36-18-15-24(33)27(7,8)9;1-22(2,3)20(27)18-26(19-21(28)23(4,5)6)11-13-30-15-17-31-16-14-29-12-10-25-24(7,8)9;1-19(2,3)17(23)10-12-25-14-16(22-21(7,8)9)15-26-13-11-18(24)20(4,5)6;1-14(2,3)12(18)10-17(16(7,8)9)11-13(19)15(4,5)6/h21,23H,10-20H2,1-9H3;30H,13-21H2,1-12H3;25H,10-19H2,1-9H3;16,22H,10-15H2,1-9H3;10-11H2,1-9H3/t21-,23?;;;;/m0..../s1. The number of nitrogens with zero attached hydrogens (tertiary/aromatic N) is 5. The summed E-state index contributed by atoms with van der Waals surface area (Å²) in [6.45, 7) is 105. The third-order valence-electron chi connectivity index (χ3n) is 24.4. The predicted molar refractivity (Wildman–Crippen MR) is 599 cm³/mol. The Balaban J connectivity index is -0.00000179. The first-order chi connectivity index (χ1) is 66.1. The van der Waals surface area contributed by atoms with Gasteiger partial charge in [0.1, 0.15) is 53.1 Å². The Labute approximate surface area is 897 Å². The molecule has 0 radical (unpaired) electrons. The van der Waals surface area contributed by atoms with Crippen LogP contribution in [0.3, 0.4) is 0 Å². The van der Waals surface area contributed by atoms with Crippen molar-refractivity contribution in [1.82, 2.24) is 40.7 Å². The molecule has 0 fully saturated rings. The molecule has 0 bridgehead atoms. The first kappa shape index (κ1) is 146. The fourth-order valence-corrected chi connectivity index (χ4v) is 14.3. The molecule has 2 atom stereocenters. The summed E-state index contributed by atoms with van der Waals surface area (Å²) in [4.78, 5) is 139. The summed E-state index contributed by atoms with van der Waals surface area (Å²) in [5, 5.41) is 19.4. The van der Waals surface area contributed by atoms with Gasteiger partial charge in [0.25, 0.3) is 0 Å². The average Bonchev–Trinajstić information content (AvgIpc) is 1.41. The quantitative estimate of drug-likeness (QED) is 0.0510. The number of aryl methyl sites for hydroxylation is 1. The van der Waals surface area contributed by atoms with Crippen LogP contribution in [0.25, 0.3) is 0 Å². The molecular weight excluding hydrogens is 1860 g/mol. The minimum atomic E-state index is -0.710. The predicted octanol–water partition coefficient (Wildman–Crippen LogP) is 22.1. The average molecular weight is 2090 g/mol. The molecule has 1 aromatic rings.